The molecule has 0 N–H and O–H groups in total. The lowest BCUT2D eigenvalue weighted by Crippen LogP contribution is -2.39. The molecule has 0 spiro atoms. The van der Waals surface area contributed by atoms with Gasteiger partial charge in [-0.1, -0.05) is 0 Å². The number of ether oxygens (including phenoxy) is 3. The van der Waals surface area contributed by atoms with Crippen LogP contribution in [0.2, 0.25) is 0 Å². The van der Waals surface area contributed by atoms with Crippen LogP contribution in [0.1, 0.15) is 24.6 Å². The summed E-state index contributed by atoms with van der Waals surface area (Å²) in [5.41, 5.74) is 1.62. The number of morpholine rings is 1. The van der Waals surface area contributed by atoms with Crippen LogP contribution in [0.4, 0.5) is 5.82 Å². The van der Waals surface area contributed by atoms with Crippen molar-refractivity contribution in [1.29, 1.82) is 0 Å². The standard InChI is InChI=1S/C27H31N5O5S/c1-3-37-27(34)18-8-10-31(11-9-18)23(33)7-5-20-16-21-24(38-20)26(32-12-14-36-15-13-32)30-25(29-21)19-4-6-22(35-2)28-17-19/h4-7,16-18H,3,8-15H2,1-2H3/b7-5+. The van der Waals surface area contributed by atoms with Gasteiger partial charge in [-0.05, 0) is 38.0 Å². The molecule has 38 heavy (non-hydrogen) atoms. The number of nitrogens with zero attached hydrogens (tertiary/aromatic N) is 5. The van der Waals surface area contributed by atoms with Crippen LogP contribution in [0.15, 0.2) is 30.5 Å². The summed E-state index contributed by atoms with van der Waals surface area (Å²) in [5, 5.41) is 0. The topological polar surface area (TPSA) is 107 Å². The smallest absolute Gasteiger partial charge is 0.309 e. The van der Waals surface area contributed by atoms with Gasteiger partial charge in [0.05, 0.1) is 43.1 Å². The third kappa shape index (κ3) is 5.78. The Labute approximate surface area is 225 Å². The second kappa shape index (κ2) is 11.9. The summed E-state index contributed by atoms with van der Waals surface area (Å²) in [4.78, 5) is 43.8. The molecule has 2 aliphatic rings. The molecular formula is C27H31N5O5S. The molecule has 2 saturated heterocycles. The maximum Gasteiger partial charge on any atom is 0.309 e. The average Bonchev–Trinajstić information content (AvgIpc) is 3.39. The van der Waals surface area contributed by atoms with Gasteiger partial charge in [0.1, 0.15) is 0 Å². The zero-order valence-electron chi connectivity index (χ0n) is 21.6. The summed E-state index contributed by atoms with van der Waals surface area (Å²) in [6, 6.07) is 5.68. The zero-order chi connectivity index (χ0) is 26.5. The Kier molecular flexibility index (Phi) is 8.14. The minimum Gasteiger partial charge on any atom is -0.481 e. The number of amides is 1. The van der Waals surface area contributed by atoms with Crippen molar-refractivity contribution in [1.82, 2.24) is 19.9 Å². The first-order valence-corrected chi connectivity index (χ1v) is 13.7. The third-order valence-corrected chi connectivity index (χ3v) is 7.79. The molecular weight excluding hydrogens is 506 g/mol. The fraction of sp³-hybridized carbons (Fsp3) is 0.444. The Morgan fingerprint density at radius 3 is 2.63 bits per heavy atom. The van der Waals surface area contributed by atoms with Gasteiger partial charge >= 0.3 is 5.97 Å². The molecule has 1 amide bonds. The van der Waals surface area contributed by atoms with E-state index in [1.54, 1.807) is 41.7 Å². The number of carbonyl (C=O) groups is 2. The lowest BCUT2D eigenvalue weighted by atomic mass is 9.97. The number of carbonyl (C=O) groups excluding carboxylic acids is 2. The first-order valence-electron chi connectivity index (χ1n) is 12.8. The summed E-state index contributed by atoms with van der Waals surface area (Å²) in [6.45, 7) is 6.06. The number of esters is 1. The fourth-order valence-electron chi connectivity index (χ4n) is 4.62. The molecule has 5 heterocycles. The molecule has 0 saturated carbocycles. The minimum atomic E-state index is -0.164. The van der Waals surface area contributed by atoms with Gasteiger partial charge in [0.25, 0.3) is 0 Å². The van der Waals surface area contributed by atoms with Crippen molar-refractivity contribution in [2.24, 2.45) is 5.92 Å². The lowest BCUT2D eigenvalue weighted by Gasteiger charge is -2.30. The first kappa shape index (κ1) is 26.1. The number of thiophene rings is 1. The molecule has 3 aromatic rings. The van der Waals surface area contributed by atoms with Crippen molar-refractivity contribution in [2.75, 3.05) is 58.0 Å². The van der Waals surface area contributed by atoms with Gasteiger partial charge in [-0.2, -0.15) is 0 Å². The van der Waals surface area contributed by atoms with Crippen LogP contribution in [0.3, 0.4) is 0 Å². The number of hydrogen-bond acceptors (Lipinski definition) is 10. The predicted octanol–water partition coefficient (Wildman–Crippen LogP) is 3.41. The van der Waals surface area contributed by atoms with Crippen LogP contribution in [-0.2, 0) is 19.1 Å². The second-order valence-electron chi connectivity index (χ2n) is 9.11. The van der Waals surface area contributed by atoms with Crippen molar-refractivity contribution < 1.29 is 23.8 Å². The van der Waals surface area contributed by atoms with E-state index in [1.165, 1.54) is 0 Å². The van der Waals surface area contributed by atoms with E-state index in [4.69, 9.17) is 24.2 Å². The molecule has 0 radical (unpaired) electrons. The Bertz CT molecular complexity index is 1310. The van der Waals surface area contributed by atoms with Gasteiger partial charge in [-0.3, -0.25) is 9.59 Å². The van der Waals surface area contributed by atoms with Crippen LogP contribution in [-0.4, -0.2) is 84.8 Å². The SMILES string of the molecule is CCOC(=O)C1CCN(C(=O)/C=C/c2cc3nc(-c4ccc(OC)nc4)nc(N4CCOCC4)c3s2)CC1. The molecule has 0 atom stereocenters. The van der Waals surface area contributed by atoms with Crippen molar-refractivity contribution in [3.63, 3.8) is 0 Å². The predicted molar refractivity (Wildman–Crippen MR) is 145 cm³/mol. The number of fused-ring (bicyclic) bond motifs is 1. The number of methoxy groups -OCH3 is 1. The summed E-state index contributed by atoms with van der Waals surface area (Å²) in [6.07, 6.45) is 6.40. The van der Waals surface area contributed by atoms with E-state index in [1.807, 2.05) is 25.1 Å². The lowest BCUT2D eigenvalue weighted by molar-refractivity contribution is -0.150. The maximum absolute atomic E-state index is 12.9. The highest BCUT2D eigenvalue weighted by Crippen LogP contribution is 2.35. The quantitative estimate of drug-likeness (QED) is 0.331. The number of pyridine rings is 1. The van der Waals surface area contributed by atoms with E-state index < -0.39 is 0 Å². The van der Waals surface area contributed by atoms with Crippen LogP contribution < -0.4 is 9.64 Å². The number of piperidine rings is 1. The monoisotopic (exact) mass is 537 g/mol. The molecule has 10 nitrogen and oxygen atoms in total. The highest BCUT2D eigenvalue weighted by Gasteiger charge is 2.27. The summed E-state index contributed by atoms with van der Waals surface area (Å²) >= 11 is 1.56. The van der Waals surface area contributed by atoms with Crippen molar-refractivity contribution in [3.05, 3.63) is 35.3 Å². The normalized spacial score (nSPS) is 16.8. The van der Waals surface area contributed by atoms with E-state index >= 15 is 0 Å². The van der Waals surface area contributed by atoms with E-state index in [0.717, 1.165) is 39.6 Å². The van der Waals surface area contributed by atoms with Crippen LogP contribution in [0.5, 0.6) is 5.88 Å². The van der Waals surface area contributed by atoms with Crippen molar-refractivity contribution in [2.45, 2.75) is 19.8 Å². The van der Waals surface area contributed by atoms with Crippen molar-refractivity contribution >= 4 is 45.3 Å². The molecule has 0 aliphatic carbocycles. The Morgan fingerprint density at radius 2 is 1.95 bits per heavy atom. The van der Waals surface area contributed by atoms with Gasteiger partial charge in [-0.15, -0.1) is 11.3 Å². The Balaban J connectivity index is 1.37. The number of anilines is 1. The van der Waals surface area contributed by atoms with Crippen LogP contribution in [0.25, 0.3) is 27.7 Å². The largest absolute Gasteiger partial charge is 0.481 e. The summed E-state index contributed by atoms with van der Waals surface area (Å²) in [7, 11) is 1.58. The van der Waals surface area contributed by atoms with Gasteiger partial charge in [0, 0.05) is 55.0 Å². The highest BCUT2D eigenvalue weighted by atomic mass is 32.1. The number of rotatable bonds is 7. The summed E-state index contributed by atoms with van der Waals surface area (Å²) in [5.74, 6) is 1.62. The van der Waals surface area contributed by atoms with Crippen LogP contribution in [0, 0.1) is 5.92 Å². The van der Waals surface area contributed by atoms with E-state index in [2.05, 4.69) is 9.88 Å². The van der Waals surface area contributed by atoms with E-state index in [9.17, 15) is 9.59 Å². The molecule has 2 fully saturated rings. The molecule has 3 aromatic heterocycles. The van der Waals surface area contributed by atoms with E-state index in [0.29, 0.717) is 57.5 Å². The van der Waals surface area contributed by atoms with Gasteiger partial charge in [0.15, 0.2) is 11.6 Å². The minimum absolute atomic E-state index is 0.0609. The molecule has 11 heteroatoms. The third-order valence-electron chi connectivity index (χ3n) is 6.70. The van der Waals surface area contributed by atoms with Gasteiger partial charge in [-0.25, -0.2) is 15.0 Å². The first-order chi connectivity index (χ1) is 18.6. The molecule has 5 rings (SSSR count). The van der Waals surface area contributed by atoms with Gasteiger partial charge < -0.3 is 24.0 Å². The zero-order valence-corrected chi connectivity index (χ0v) is 22.4. The Morgan fingerprint density at radius 1 is 1.16 bits per heavy atom. The molecule has 2 aliphatic heterocycles. The van der Waals surface area contributed by atoms with Crippen LogP contribution >= 0.6 is 11.3 Å². The fourth-order valence-corrected chi connectivity index (χ4v) is 5.64. The maximum atomic E-state index is 12.9. The Hall–Kier alpha value is -3.57. The molecule has 0 bridgehead atoms. The van der Waals surface area contributed by atoms with Crippen molar-refractivity contribution in [3.8, 4) is 17.3 Å². The van der Waals surface area contributed by atoms with Gasteiger partial charge in [0.2, 0.25) is 11.8 Å². The number of likely N-dealkylation sites (tertiary alicyclic amines) is 1. The molecule has 0 unspecified atom stereocenters. The second-order valence-corrected chi connectivity index (χ2v) is 10.2. The average molecular weight is 538 g/mol. The van der Waals surface area contributed by atoms with E-state index in [-0.39, 0.29) is 17.8 Å². The summed E-state index contributed by atoms with van der Waals surface area (Å²) < 4.78 is 16.8. The number of hydrogen-bond donors (Lipinski definition) is 0. The highest BCUT2D eigenvalue weighted by molar-refractivity contribution is 7.20. The molecule has 200 valence electrons. The number of aromatic nitrogens is 3. The molecule has 0 aromatic carbocycles.